The third-order valence-corrected chi connectivity index (χ3v) is 3.49. The van der Waals surface area contributed by atoms with Gasteiger partial charge in [-0.3, -0.25) is 0 Å². The molecule has 1 aromatic heterocycles. The van der Waals surface area contributed by atoms with E-state index in [1.807, 2.05) is 13.0 Å². The maximum absolute atomic E-state index is 5.82. The van der Waals surface area contributed by atoms with E-state index >= 15 is 0 Å². The van der Waals surface area contributed by atoms with Crippen LogP contribution in [0, 0.1) is 0 Å². The van der Waals surface area contributed by atoms with Crippen LogP contribution in [0.1, 0.15) is 30.7 Å². The smallest absolute Gasteiger partial charge is 0.124 e. The van der Waals surface area contributed by atoms with E-state index in [1.165, 1.54) is 5.56 Å². The fourth-order valence-electron chi connectivity index (χ4n) is 2.56. The molecular weight excluding hydrogens is 268 g/mol. The Morgan fingerprint density at radius 3 is 3.05 bits per heavy atom. The first-order valence-corrected chi connectivity index (χ1v) is 7.31. The minimum Gasteiger partial charge on any atom is -0.494 e. The molecule has 0 bridgehead atoms. The monoisotopic (exact) mass is 288 g/mol. The van der Waals surface area contributed by atoms with Crippen LogP contribution in [0.5, 0.6) is 11.5 Å². The molecule has 1 aliphatic rings. The molecule has 0 spiro atoms. The summed E-state index contributed by atoms with van der Waals surface area (Å²) in [6.45, 7) is 6.11. The molecule has 1 N–H and O–H groups in total. The molecule has 0 saturated carbocycles. The predicted octanol–water partition coefficient (Wildman–Crippen LogP) is 2.69. The summed E-state index contributed by atoms with van der Waals surface area (Å²) in [6.07, 6.45) is 2.77. The average Bonchev–Trinajstić information content (AvgIpc) is 3.07. The third-order valence-electron chi connectivity index (χ3n) is 3.49. The SMILES string of the molecule is CCOc1cc2c(cc1CNCc1ccon1)OC(C)C2. The van der Waals surface area contributed by atoms with Crippen LogP contribution >= 0.6 is 0 Å². The molecule has 2 heterocycles. The Balaban J connectivity index is 1.72. The molecule has 5 heteroatoms. The molecular formula is C16H20N2O3. The summed E-state index contributed by atoms with van der Waals surface area (Å²) in [5.74, 6) is 1.91. The molecule has 1 aliphatic heterocycles. The Hall–Kier alpha value is -2.01. The van der Waals surface area contributed by atoms with E-state index in [2.05, 4.69) is 29.5 Å². The van der Waals surface area contributed by atoms with E-state index in [0.717, 1.165) is 29.2 Å². The summed E-state index contributed by atoms with van der Waals surface area (Å²) in [4.78, 5) is 0. The Kier molecular flexibility index (Phi) is 4.10. The van der Waals surface area contributed by atoms with Crippen LogP contribution in [0.2, 0.25) is 0 Å². The Morgan fingerprint density at radius 1 is 1.38 bits per heavy atom. The minimum absolute atomic E-state index is 0.243. The lowest BCUT2D eigenvalue weighted by molar-refractivity contribution is 0.254. The highest BCUT2D eigenvalue weighted by molar-refractivity contribution is 5.48. The van der Waals surface area contributed by atoms with Crippen LogP contribution in [-0.4, -0.2) is 17.9 Å². The zero-order valence-electron chi connectivity index (χ0n) is 12.4. The highest BCUT2D eigenvalue weighted by Crippen LogP contribution is 2.35. The minimum atomic E-state index is 0.243. The van der Waals surface area contributed by atoms with Crippen molar-refractivity contribution in [2.75, 3.05) is 6.61 Å². The van der Waals surface area contributed by atoms with Crippen molar-refractivity contribution >= 4 is 0 Å². The van der Waals surface area contributed by atoms with Gasteiger partial charge < -0.3 is 19.3 Å². The molecule has 3 rings (SSSR count). The van der Waals surface area contributed by atoms with Crippen molar-refractivity contribution in [3.63, 3.8) is 0 Å². The fourth-order valence-corrected chi connectivity index (χ4v) is 2.56. The summed E-state index contributed by atoms with van der Waals surface area (Å²) >= 11 is 0. The Morgan fingerprint density at radius 2 is 2.29 bits per heavy atom. The number of nitrogens with zero attached hydrogens (tertiary/aromatic N) is 1. The van der Waals surface area contributed by atoms with Crippen LogP contribution in [-0.2, 0) is 19.5 Å². The van der Waals surface area contributed by atoms with Gasteiger partial charge in [-0.25, -0.2) is 0 Å². The van der Waals surface area contributed by atoms with E-state index in [-0.39, 0.29) is 6.10 Å². The van der Waals surface area contributed by atoms with E-state index in [1.54, 1.807) is 6.26 Å². The molecule has 1 atom stereocenters. The fraction of sp³-hybridized carbons (Fsp3) is 0.438. The zero-order valence-corrected chi connectivity index (χ0v) is 12.4. The third kappa shape index (κ3) is 3.19. The van der Waals surface area contributed by atoms with Gasteiger partial charge >= 0.3 is 0 Å². The molecule has 21 heavy (non-hydrogen) atoms. The summed E-state index contributed by atoms with van der Waals surface area (Å²) < 4.78 is 16.4. The normalized spacial score (nSPS) is 16.6. The maximum atomic E-state index is 5.82. The van der Waals surface area contributed by atoms with Gasteiger partial charge in [-0.1, -0.05) is 5.16 Å². The lowest BCUT2D eigenvalue weighted by atomic mass is 10.1. The summed E-state index contributed by atoms with van der Waals surface area (Å²) in [6, 6.07) is 6.04. The standard InChI is InChI=1S/C16H20N2O3/c1-3-19-15-7-12-6-11(2)21-16(12)8-13(15)9-17-10-14-4-5-20-18-14/h4-5,7-8,11,17H,3,6,9-10H2,1-2H3. The summed E-state index contributed by atoms with van der Waals surface area (Å²) in [7, 11) is 0. The van der Waals surface area contributed by atoms with E-state index in [9.17, 15) is 0 Å². The van der Waals surface area contributed by atoms with E-state index in [4.69, 9.17) is 14.0 Å². The number of benzene rings is 1. The Labute approximate surface area is 124 Å². The maximum Gasteiger partial charge on any atom is 0.124 e. The molecule has 0 radical (unpaired) electrons. The van der Waals surface area contributed by atoms with Gasteiger partial charge in [0.1, 0.15) is 23.9 Å². The van der Waals surface area contributed by atoms with Crippen molar-refractivity contribution in [2.45, 2.75) is 39.5 Å². The van der Waals surface area contributed by atoms with E-state index < -0.39 is 0 Å². The number of aromatic nitrogens is 1. The molecule has 0 fully saturated rings. The van der Waals surface area contributed by atoms with Gasteiger partial charge in [-0.05, 0) is 26.0 Å². The van der Waals surface area contributed by atoms with Crippen LogP contribution in [0.15, 0.2) is 29.0 Å². The topological polar surface area (TPSA) is 56.5 Å². The van der Waals surface area contributed by atoms with Crippen molar-refractivity contribution in [3.8, 4) is 11.5 Å². The molecule has 1 unspecified atom stereocenters. The van der Waals surface area contributed by atoms with Crippen LogP contribution in [0.25, 0.3) is 0 Å². The first-order chi connectivity index (χ1) is 10.3. The first-order valence-electron chi connectivity index (χ1n) is 7.31. The van der Waals surface area contributed by atoms with Crippen molar-refractivity contribution < 1.29 is 14.0 Å². The number of hydrogen-bond acceptors (Lipinski definition) is 5. The van der Waals surface area contributed by atoms with Crippen LogP contribution < -0.4 is 14.8 Å². The van der Waals surface area contributed by atoms with Crippen LogP contribution in [0.3, 0.4) is 0 Å². The van der Waals surface area contributed by atoms with Gasteiger partial charge in [-0.2, -0.15) is 0 Å². The molecule has 1 aromatic carbocycles. The van der Waals surface area contributed by atoms with Gasteiger partial charge in [0.15, 0.2) is 0 Å². The van der Waals surface area contributed by atoms with Crippen molar-refractivity contribution in [3.05, 3.63) is 41.3 Å². The van der Waals surface area contributed by atoms with Crippen LogP contribution in [0.4, 0.5) is 0 Å². The van der Waals surface area contributed by atoms with Crippen molar-refractivity contribution in [1.82, 2.24) is 10.5 Å². The number of ether oxygens (including phenoxy) is 2. The number of hydrogen-bond donors (Lipinski definition) is 1. The van der Waals surface area contributed by atoms with Gasteiger partial charge in [0.25, 0.3) is 0 Å². The van der Waals surface area contributed by atoms with Gasteiger partial charge in [0.2, 0.25) is 0 Å². The number of nitrogens with one attached hydrogen (secondary N) is 1. The zero-order chi connectivity index (χ0) is 14.7. The Bertz CT molecular complexity index is 596. The highest BCUT2D eigenvalue weighted by atomic mass is 16.5. The molecule has 5 nitrogen and oxygen atoms in total. The lowest BCUT2D eigenvalue weighted by Gasteiger charge is -2.13. The second-order valence-electron chi connectivity index (χ2n) is 5.23. The number of rotatable bonds is 6. The average molecular weight is 288 g/mol. The lowest BCUT2D eigenvalue weighted by Crippen LogP contribution is -2.14. The first kappa shape index (κ1) is 13.9. The summed E-state index contributed by atoms with van der Waals surface area (Å²) in [5.41, 5.74) is 3.22. The molecule has 0 aliphatic carbocycles. The largest absolute Gasteiger partial charge is 0.494 e. The van der Waals surface area contributed by atoms with Crippen molar-refractivity contribution in [1.29, 1.82) is 0 Å². The second kappa shape index (κ2) is 6.18. The quantitative estimate of drug-likeness (QED) is 0.885. The molecule has 0 saturated heterocycles. The summed E-state index contributed by atoms with van der Waals surface area (Å²) in [5, 5.41) is 7.23. The predicted molar refractivity (Wildman–Crippen MR) is 78.5 cm³/mol. The van der Waals surface area contributed by atoms with Gasteiger partial charge in [0, 0.05) is 36.7 Å². The van der Waals surface area contributed by atoms with E-state index in [0.29, 0.717) is 19.7 Å². The number of fused-ring (bicyclic) bond motifs is 1. The molecule has 112 valence electrons. The molecule has 0 amide bonds. The highest BCUT2D eigenvalue weighted by Gasteiger charge is 2.21. The van der Waals surface area contributed by atoms with Crippen molar-refractivity contribution in [2.24, 2.45) is 0 Å². The molecule has 2 aromatic rings. The second-order valence-corrected chi connectivity index (χ2v) is 5.23. The van der Waals surface area contributed by atoms with Gasteiger partial charge in [0.05, 0.1) is 12.3 Å². The van der Waals surface area contributed by atoms with Gasteiger partial charge in [-0.15, -0.1) is 0 Å².